The quantitative estimate of drug-likeness (QED) is 0.814. The van der Waals surface area contributed by atoms with Crippen molar-refractivity contribution in [1.29, 1.82) is 0 Å². The first-order valence-corrected chi connectivity index (χ1v) is 6.99. The van der Waals surface area contributed by atoms with Gasteiger partial charge in [-0.1, -0.05) is 24.3 Å². The molecule has 19 heavy (non-hydrogen) atoms. The summed E-state index contributed by atoms with van der Waals surface area (Å²) in [4.78, 5) is 10.5. The van der Waals surface area contributed by atoms with Crippen LogP contribution in [0.3, 0.4) is 0 Å². The van der Waals surface area contributed by atoms with E-state index < -0.39 is 5.97 Å². The Morgan fingerprint density at radius 1 is 1.26 bits per heavy atom. The molecule has 0 radical (unpaired) electrons. The molecule has 1 aromatic carbocycles. The van der Waals surface area contributed by atoms with Gasteiger partial charge in [0.2, 0.25) is 0 Å². The van der Waals surface area contributed by atoms with Crippen LogP contribution in [0.4, 0.5) is 0 Å². The summed E-state index contributed by atoms with van der Waals surface area (Å²) >= 11 is 1.76. The molecule has 1 N–H and O–H groups in total. The van der Waals surface area contributed by atoms with Crippen molar-refractivity contribution in [1.82, 2.24) is 0 Å². The molecule has 0 saturated carbocycles. The van der Waals surface area contributed by atoms with Crippen LogP contribution in [-0.2, 0) is 16.3 Å². The second-order valence-corrected chi connectivity index (χ2v) is 4.97. The fraction of sp³-hybridized carbons (Fsp3) is 0.133. The molecular formula is C15H14O3S. The fourth-order valence-corrected chi connectivity index (χ4v) is 2.50. The lowest BCUT2D eigenvalue weighted by Gasteiger charge is -2.02. The third-order valence-corrected chi connectivity index (χ3v) is 3.49. The highest BCUT2D eigenvalue weighted by Gasteiger charge is 1.98. The number of thioether (sulfide) groups is 1. The van der Waals surface area contributed by atoms with Crippen LogP contribution in [-0.4, -0.2) is 11.1 Å². The van der Waals surface area contributed by atoms with Gasteiger partial charge in [-0.3, -0.25) is 0 Å². The van der Waals surface area contributed by atoms with Gasteiger partial charge in [-0.2, -0.15) is 0 Å². The monoisotopic (exact) mass is 274 g/mol. The van der Waals surface area contributed by atoms with Crippen LogP contribution in [0.1, 0.15) is 16.9 Å². The maximum absolute atomic E-state index is 10.5. The number of hydrogen-bond acceptors (Lipinski definition) is 3. The molecule has 0 spiro atoms. The normalized spacial score (nSPS) is 10.9. The first-order chi connectivity index (χ1) is 9.24. The predicted octanol–water partition coefficient (Wildman–Crippen LogP) is 3.81. The molecule has 0 aliphatic rings. The minimum atomic E-state index is -0.933. The van der Waals surface area contributed by atoms with Gasteiger partial charge in [0.25, 0.3) is 0 Å². The first-order valence-electron chi connectivity index (χ1n) is 5.84. The van der Waals surface area contributed by atoms with Crippen molar-refractivity contribution < 1.29 is 14.3 Å². The summed E-state index contributed by atoms with van der Waals surface area (Å²) in [6.45, 7) is 0. The van der Waals surface area contributed by atoms with Gasteiger partial charge in [0.15, 0.2) is 0 Å². The lowest BCUT2D eigenvalue weighted by atomic mass is 10.1. The van der Waals surface area contributed by atoms with Gasteiger partial charge in [0.05, 0.1) is 12.0 Å². The lowest BCUT2D eigenvalue weighted by molar-refractivity contribution is -0.131. The van der Waals surface area contributed by atoms with Crippen molar-refractivity contribution in [2.45, 2.75) is 11.5 Å². The number of hydrogen-bond donors (Lipinski definition) is 1. The van der Waals surface area contributed by atoms with Crippen molar-refractivity contribution in [3.8, 4) is 0 Å². The Morgan fingerprint density at radius 2 is 2.16 bits per heavy atom. The Hall–Kier alpha value is -1.94. The lowest BCUT2D eigenvalue weighted by Crippen LogP contribution is -1.87. The summed E-state index contributed by atoms with van der Waals surface area (Å²) in [5.41, 5.74) is 2.07. The van der Waals surface area contributed by atoms with Gasteiger partial charge in [0.1, 0.15) is 5.76 Å². The maximum Gasteiger partial charge on any atom is 0.328 e. The Kier molecular flexibility index (Phi) is 4.86. The zero-order chi connectivity index (χ0) is 13.5. The Morgan fingerprint density at radius 3 is 2.89 bits per heavy atom. The molecule has 1 aromatic heterocycles. The van der Waals surface area contributed by atoms with E-state index in [1.807, 2.05) is 36.4 Å². The predicted molar refractivity (Wildman–Crippen MR) is 76.8 cm³/mol. The van der Waals surface area contributed by atoms with Gasteiger partial charge >= 0.3 is 5.97 Å². The largest absolute Gasteiger partial charge is 0.478 e. The average Bonchev–Trinajstić information content (AvgIpc) is 2.90. The van der Waals surface area contributed by atoms with E-state index in [4.69, 9.17) is 9.52 Å². The molecule has 98 valence electrons. The summed E-state index contributed by atoms with van der Waals surface area (Å²) in [6, 6.07) is 11.7. The minimum Gasteiger partial charge on any atom is -0.478 e. The molecule has 0 unspecified atom stereocenters. The molecule has 3 nitrogen and oxygen atoms in total. The maximum atomic E-state index is 10.5. The zero-order valence-corrected chi connectivity index (χ0v) is 11.1. The van der Waals surface area contributed by atoms with Crippen molar-refractivity contribution in [3.63, 3.8) is 0 Å². The van der Waals surface area contributed by atoms with Crippen LogP contribution in [0.5, 0.6) is 0 Å². The SMILES string of the molecule is O=C(O)/C=C/c1cccc(CSCc2ccco2)c1. The van der Waals surface area contributed by atoms with Crippen LogP contribution in [0.2, 0.25) is 0 Å². The average molecular weight is 274 g/mol. The number of aliphatic carboxylic acids is 1. The number of carboxylic acid groups (broad SMARTS) is 1. The molecular weight excluding hydrogens is 260 g/mol. The van der Waals surface area contributed by atoms with Crippen LogP contribution in [0, 0.1) is 0 Å². The van der Waals surface area contributed by atoms with Crippen LogP contribution < -0.4 is 0 Å². The molecule has 2 aromatic rings. The number of benzene rings is 1. The van der Waals surface area contributed by atoms with Gasteiger partial charge in [0, 0.05) is 11.8 Å². The summed E-state index contributed by atoms with van der Waals surface area (Å²) in [7, 11) is 0. The number of carboxylic acids is 1. The number of carbonyl (C=O) groups is 1. The third kappa shape index (κ3) is 4.67. The Balaban J connectivity index is 1.90. The minimum absolute atomic E-state index is 0.836. The van der Waals surface area contributed by atoms with E-state index in [1.54, 1.807) is 24.1 Å². The van der Waals surface area contributed by atoms with Crippen molar-refractivity contribution in [2.75, 3.05) is 0 Å². The van der Waals surface area contributed by atoms with Gasteiger partial charge in [-0.05, 0) is 29.3 Å². The van der Waals surface area contributed by atoms with Crippen LogP contribution in [0.15, 0.2) is 53.2 Å². The van der Waals surface area contributed by atoms with Crippen molar-refractivity contribution in [2.24, 2.45) is 0 Å². The standard InChI is InChI=1S/C15H14O3S/c16-15(17)7-6-12-3-1-4-13(9-12)10-19-11-14-5-2-8-18-14/h1-9H,10-11H2,(H,16,17)/b7-6+. The third-order valence-electron chi connectivity index (χ3n) is 2.46. The van der Waals surface area contributed by atoms with E-state index >= 15 is 0 Å². The summed E-state index contributed by atoms with van der Waals surface area (Å²) in [5.74, 6) is 1.74. The highest BCUT2D eigenvalue weighted by Crippen LogP contribution is 2.19. The van der Waals surface area contributed by atoms with Crippen molar-refractivity contribution in [3.05, 3.63) is 65.6 Å². The van der Waals surface area contributed by atoms with E-state index in [9.17, 15) is 4.79 Å². The van der Waals surface area contributed by atoms with Gasteiger partial charge in [-0.15, -0.1) is 11.8 Å². The topological polar surface area (TPSA) is 50.4 Å². The molecule has 0 atom stereocenters. The molecule has 2 rings (SSSR count). The molecule has 0 saturated heterocycles. The summed E-state index contributed by atoms with van der Waals surface area (Å²) in [5, 5.41) is 8.59. The smallest absolute Gasteiger partial charge is 0.328 e. The number of furan rings is 1. The number of rotatable bonds is 6. The van der Waals surface area contributed by atoms with E-state index in [2.05, 4.69) is 0 Å². The summed E-state index contributed by atoms with van der Waals surface area (Å²) < 4.78 is 5.26. The van der Waals surface area contributed by atoms with E-state index in [0.717, 1.165) is 28.9 Å². The van der Waals surface area contributed by atoms with Gasteiger partial charge in [-0.25, -0.2) is 4.79 Å². The first kappa shape index (κ1) is 13.5. The van der Waals surface area contributed by atoms with E-state index in [0.29, 0.717) is 0 Å². The van der Waals surface area contributed by atoms with Crippen molar-refractivity contribution >= 4 is 23.8 Å². The Bertz CT molecular complexity index is 559. The highest BCUT2D eigenvalue weighted by molar-refractivity contribution is 7.97. The van der Waals surface area contributed by atoms with E-state index in [-0.39, 0.29) is 0 Å². The molecule has 1 heterocycles. The molecule has 4 heteroatoms. The molecule has 0 aliphatic carbocycles. The second kappa shape index (κ2) is 6.85. The molecule has 0 amide bonds. The Labute approximate surface area is 115 Å². The summed E-state index contributed by atoms with van der Waals surface area (Å²) in [6.07, 6.45) is 4.42. The molecule has 0 aliphatic heterocycles. The molecule has 0 fully saturated rings. The van der Waals surface area contributed by atoms with Crippen LogP contribution >= 0.6 is 11.8 Å². The highest BCUT2D eigenvalue weighted by atomic mass is 32.2. The second-order valence-electron chi connectivity index (χ2n) is 3.99. The van der Waals surface area contributed by atoms with Crippen LogP contribution in [0.25, 0.3) is 6.08 Å². The fourth-order valence-electron chi connectivity index (χ4n) is 1.62. The zero-order valence-electron chi connectivity index (χ0n) is 10.3. The van der Waals surface area contributed by atoms with Gasteiger partial charge < -0.3 is 9.52 Å². The van der Waals surface area contributed by atoms with E-state index in [1.165, 1.54) is 5.56 Å². The molecule has 0 bridgehead atoms.